The largest absolute Gasteiger partial charge is 0.481 e. The lowest BCUT2D eigenvalue weighted by atomic mass is 10.2. The van der Waals surface area contributed by atoms with Gasteiger partial charge >= 0.3 is 12.0 Å². The van der Waals surface area contributed by atoms with Crippen molar-refractivity contribution >= 4 is 23.8 Å². The van der Waals surface area contributed by atoms with Crippen molar-refractivity contribution in [3.05, 3.63) is 0 Å². The third-order valence-corrected chi connectivity index (χ3v) is 4.92. The summed E-state index contributed by atoms with van der Waals surface area (Å²) in [5, 5.41) is 12.4. The van der Waals surface area contributed by atoms with Gasteiger partial charge < -0.3 is 15.3 Å². The third kappa shape index (κ3) is 5.23. The van der Waals surface area contributed by atoms with Crippen LogP contribution < -0.4 is 5.32 Å². The van der Waals surface area contributed by atoms with E-state index >= 15 is 0 Å². The van der Waals surface area contributed by atoms with Crippen LogP contribution in [0.15, 0.2) is 0 Å². The van der Waals surface area contributed by atoms with E-state index < -0.39 is 5.97 Å². The van der Waals surface area contributed by atoms with Crippen molar-refractivity contribution in [3.63, 3.8) is 0 Å². The second-order valence-electron chi connectivity index (χ2n) is 5.41. The predicted octanol–water partition coefficient (Wildman–Crippen LogP) is 2.56. The first kappa shape index (κ1) is 17.1. The molecule has 1 rings (SSSR count). The Morgan fingerprint density at radius 1 is 1.40 bits per heavy atom. The Kier molecular flexibility index (Phi) is 7.19. The van der Waals surface area contributed by atoms with E-state index in [0.29, 0.717) is 5.25 Å². The van der Waals surface area contributed by atoms with Gasteiger partial charge in [0.25, 0.3) is 0 Å². The van der Waals surface area contributed by atoms with Crippen molar-refractivity contribution in [2.24, 2.45) is 0 Å². The number of aliphatic carboxylic acids is 1. The highest BCUT2D eigenvalue weighted by Crippen LogP contribution is 2.30. The van der Waals surface area contributed by atoms with Crippen molar-refractivity contribution in [1.82, 2.24) is 10.2 Å². The van der Waals surface area contributed by atoms with Gasteiger partial charge in [-0.2, -0.15) is 11.8 Å². The fourth-order valence-electron chi connectivity index (χ4n) is 2.56. The summed E-state index contributed by atoms with van der Waals surface area (Å²) < 4.78 is 0. The van der Waals surface area contributed by atoms with Gasteiger partial charge in [-0.05, 0) is 32.4 Å². The average molecular weight is 302 g/mol. The normalized spacial score (nSPS) is 22.0. The number of carbonyl (C=O) groups is 2. The summed E-state index contributed by atoms with van der Waals surface area (Å²) >= 11 is 1.90. The number of rotatable bonds is 7. The summed E-state index contributed by atoms with van der Waals surface area (Å²) in [5.74, 6) is 0.188. The second kappa shape index (κ2) is 8.39. The van der Waals surface area contributed by atoms with E-state index in [-0.39, 0.29) is 31.1 Å². The standard InChI is InChI=1S/C14H26N2O3S/c1-4-20-12-7-5-6-11(12)15-14(19)16(10(2)3)9-8-13(17)18/h10-12H,4-9H2,1-3H3,(H,15,19)(H,17,18). The third-order valence-electron chi connectivity index (χ3n) is 3.59. The van der Waals surface area contributed by atoms with Crippen LogP contribution in [-0.2, 0) is 4.79 Å². The van der Waals surface area contributed by atoms with Gasteiger partial charge in [0.05, 0.1) is 6.42 Å². The average Bonchev–Trinajstić information content (AvgIpc) is 2.76. The van der Waals surface area contributed by atoms with Gasteiger partial charge in [0.15, 0.2) is 0 Å². The van der Waals surface area contributed by atoms with E-state index in [1.807, 2.05) is 25.6 Å². The zero-order valence-corrected chi connectivity index (χ0v) is 13.4. The lowest BCUT2D eigenvalue weighted by molar-refractivity contribution is -0.137. The molecule has 0 saturated heterocycles. The summed E-state index contributed by atoms with van der Waals surface area (Å²) in [4.78, 5) is 24.6. The maximum absolute atomic E-state index is 12.3. The van der Waals surface area contributed by atoms with Crippen LogP contribution in [0.2, 0.25) is 0 Å². The second-order valence-corrected chi connectivity index (χ2v) is 6.93. The number of hydrogen-bond donors (Lipinski definition) is 2. The summed E-state index contributed by atoms with van der Waals surface area (Å²) in [5.41, 5.74) is 0. The molecule has 2 unspecified atom stereocenters. The molecule has 0 aromatic rings. The molecule has 0 spiro atoms. The minimum absolute atomic E-state index is 0.00744. The smallest absolute Gasteiger partial charge is 0.317 e. The fraction of sp³-hybridized carbons (Fsp3) is 0.857. The highest BCUT2D eigenvalue weighted by atomic mass is 32.2. The Bertz CT molecular complexity index is 336. The van der Waals surface area contributed by atoms with Crippen molar-refractivity contribution in [2.75, 3.05) is 12.3 Å². The van der Waals surface area contributed by atoms with Crippen LogP contribution in [0, 0.1) is 0 Å². The van der Waals surface area contributed by atoms with Crippen LogP contribution in [0.3, 0.4) is 0 Å². The molecular weight excluding hydrogens is 276 g/mol. The maximum Gasteiger partial charge on any atom is 0.317 e. The van der Waals surface area contributed by atoms with E-state index in [0.717, 1.165) is 25.0 Å². The molecule has 0 radical (unpaired) electrons. The molecule has 0 heterocycles. The Balaban J connectivity index is 2.54. The molecule has 1 saturated carbocycles. The van der Waals surface area contributed by atoms with E-state index in [2.05, 4.69) is 12.2 Å². The van der Waals surface area contributed by atoms with Gasteiger partial charge in [0.2, 0.25) is 0 Å². The van der Waals surface area contributed by atoms with Crippen LogP contribution in [0.25, 0.3) is 0 Å². The SMILES string of the molecule is CCSC1CCCC1NC(=O)N(CCC(=O)O)C(C)C. The highest BCUT2D eigenvalue weighted by Gasteiger charge is 2.30. The molecule has 5 nitrogen and oxygen atoms in total. The monoisotopic (exact) mass is 302 g/mol. The fourth-order valence-corrected chi connectivity index (χ4v) is 3.75. The van der Waals surface area contributed by atoms with E-state index in [1.54, 1.807) is 4.90 Å². The molecule has 2 atom stereocenters. The number of carboxylic acid groups (broad SMARTS) is 1. The first-order valence-electron chi connectivity index (χ1n) is 7.36. The summed E-state index contributed by atoms with van der Waals surface area (Å²) in [6.07, 6.45) is 3.32. The molecule has 0 aromatic carbocycles. The Labute approximate surface area is 125 Å². The quantitative estimate of drug-likeness (QED) is 0.758. The molecule has 116 valence electrons. The Morgan fingerprint density at radius 2 is 2.10 bits per heavy atom. The molecule has 1 aliphatic rings. The van der Waals surface area contributed by atoms with Crippen molar-refractivity contribution in [3.8, 4) is 0 Å². The predicted molar refractivity (Wildman–Crippen MR) is 82.2 cm³/mol. The number of carboxylic acids is 1. The molecule has 1 aliphatic carbocycles. The molecular formula is C14H26N2O3S. The van der Waals surface area contributed by atoms with E-state index in [4.69, 9.17) is 5.11 Å². The molecule has 2 amide bonds. The minimum atomic E-state index is -0.872. The molecule has 1 fully saturated rings. The summed E-state index contributed by atoms with van der Waals surface area (Å²) in [6, 6.07) is 0.0985. The number of urea groups is 1. The Hall–Kier alpha value is -0.910. The van der Waals surface area contributed by atoms with E-state index in [1.165, 1.54) is 0 Å². The van der Waals surface area contributed by atoms with Gasteiger partial charge in [-0.25, -0.2) is 4.79 Å². The van der Waals surface area contributed by atoms with Gasteiger partial charge in [0, 0.05) is 23.9 Å². The number of carbonyl (C=O) groups excluding carboxylic acids is 1. The maximum atomic E-state index is 12.3. The number of hydrogen-bond acceptors (Lipinski definition) is 3. The van der Waals surface area contributed by atoms with Crippen molar-refractivity contribution in [1.29, 1.82) is 0 Å². The lowest BCUT2D eigenvalue weighted by Gasteiger charge is -2.29. The first-order valence-corrected chi connectivity index (χ1v) is 8.41. The molecule has 0 aliphatic heterocycles. The van der Waals surface area contributed by atoms with Crippen LogP contribution in [0.4, 0.5) is 4.79 Å². The van der Waals surface area contributed by atoms with Crippen LogP contribution >= 0.6 is 11.8 Å². The lowest BCUT2D eigenvalue weighted by Crippen LogP contribution is -2.49. The minimum Gasteiger partial charge on any atom is -0.481 e. The van der Waals surface area contributed by atoms with Crippen LogP contribution in [0.5, 0.6) is 0 Å². The van der Waals surface area contributed by atoms with Crippen molar-refractivity contribution < 1.29 is 14.7 Å². The summed E-state index contributed by atoms with van der Waals surface area (Å²) in [7, 11) is 0. The van der Waals surface area contributed by atoms with E-state index in [9.17, 15) is 9.59 Å². The Morgan fingerprint density at radius 3 is 2.65 bits per heavy atom. The number of amides is 2. The molecule has 0 aromatic heterocycles. The number of nitrogens with one attached hydrogen (secondary N) is 1. The van der Waals surface area contributed by atoms with Gasteiger partial charge in [0.1, 0.15) is 0 Å². The van der Waals surface area contributed by atoms with Gasteiger partial charge in [-0.3, -0.25) is 4.79 Å². The number of nitrogens with zero attached hydrogens (tertiary/aromatic N) is 1. The zero-order chi connectivity index (χ0) is 15.1. The molecule has 6 heteroatoms. The van der Waals surface area contributed by atoms with Crippen LogP contribution in [0.1, 0.15) is 46.5 Å². The molecule has 0 bridgehead atoms. The zero-order valence-electron chi connectivity index (χ0n) is 12.6. The molecule has 20 heavy (non-hydrogen) atoms. The number of thioether (sulfide) groups is 1. The topological polar surface area (TPSA) is 69.6 Å². The summed E-state index contributed by atoms with van der Waals surface area (Å²) in [6.45, 7) is 6.22. The van der Waals surface area contributed by atoms with Crippen LogP contribution in [-0.4, -0.2) is 51.6 Å². The van der Waals surface area contributed by atoms with Gasteiger partial charge in [-0.15, -0.1) is 0 Å². The van der Waals surface area contributed by atoms with Crippen molar-refractivity contribution in [2.45, 2.75) is 63.8 Å². The first-order chi connectivity index (χ1) is 9.45. The van der Waals surface area contributed by atoms with Gasteiger partial charge in [-0.1, -0.05) is 13.3 Å². The highest BCUT2D eigenvalue weighted by molar-refractivity contribution is 7.99. The molecule has 2 N–H and O–H groups in total.